The third kappa shape index (κ3) is 3.47. The molecule has 1 saturated carbocycles. The molecule has 3 heterocycles. The smallest absolute Gasteiger partial charge is 0.255 e. The van der Waals surface area contributed by atoms with Crippen molar-refractivity contribution in [2.24, 2.45) is 0 Å². The maximum Gasteiger partial charge on any atom is 0.255 e. The minimum absolute atomic E-state index is 0.0103. The van der Waals surface area contributed by atoms with Gasteiger partial charge in [0.25, 0.3) is 5.56 Å². The lowest BCUT2D eigenvalue weighted by molar-refractivity contribution is 0.241. The normalized spacial score (nSPS) is 16.8. The van der Waals surface area contributed by atoms with Crippen molar-refractivity contribution in [3.05, 3.63) is 81.4 Å². The fraction of sp³-hybridized carbons (Fsp3) is 0.318. The second-order valence-electron chi connectivity index (χ2n) is 7.67. The van der Waals surface area contributed by atoms with Crippen molar-refractivity contribution in [3.63, 3.8) is 0 Å². The first-order valence-corrected chi connectivity index (χ1v) is 9.71. The molecule has 5 nitrogen and oxygen atoms in total. The van der Waals surface area contributed by atoms with Crippen LogP contribution in [-0.2, 0) is 19.5 Å². The molecule has 0 amide bonds. The third-order valence-electron chi connectivity index (χ3n) is 5.48. The van der Waals surface area contributed by atoms with Crippen molar-refractivity contribution >= 4 is 0 Å². The number of benzene rings is 1. The monoisotopic (exact) mass is 376 g/mol. The predicted octanol–water partition coefficient (Wildman–Crippen LogP) is 3.41. The molecule has 1 N–H and O–H groups in total. The SMILES string of the molecule is O=c1[nH]c(C2CC2)nc2c1CN(Cc1ccc(-c3cccc(F)c3)nc1)CC2. The minimum Gasteiger partial charge on any atom is -0.310 e. The number of aromatic nitrogens is 3. The summed E-state index contributed by atoms with van der Waals surface area (Å²) < 4.78 is 13.4. The van der Waals surface area contributed by atoms with Crippen LogP contribution in [-0.4, -0.2) is 26.4 Å². The fourth-order valence-corrected chi connectivity index (χ4v) is 3.78. The lowest BCUT2D eigenvalue weighted by atomic mass is 10.1. The largest absolute Gasteiger partial charge is 0.310 e. The second-order valence-corrected chi connectivity index (χ2v) is 7.67. The average Bonchev–Trinajstić information content (AvgIpc) is 3.54. The Kier molecular flexibility index (Phi) is 4.28. The van der Waals surface area contributed by atoms with Crippen LogP contribution in [0, 0.1) is 5.82 Å². The van der Waals surface area contributed by atoms with Gasteiger partial charge in [-0.15, -0.1) is 0 Å². The summed E-state index contributed by atoms with van der Waals surface area (Å²) >= 11 is 0. The van der Waals surface area contributed by atoms with Gasteiger partial charge in [0, 0.05) is 43.7 Å². The molecule has 5 rings (SSSR count). The predicted molar refractivity (Wildman–Crippen MR) is 104 cm³/mol. The second kappa shape index (κ2) is 6.95. The highest BCUT2D eigenvalue weighted by molar-refractivity contribution is 5.58. The van der Waals surface area contributed by atoms with E-state index in [1.54, 1.807) is 6.07 Å². The zero-order valence-electron chi connectivity index (χ0n) is 15.5. The molecule has 1 fully saturated rings. The van der Waals surface area contributed by atoms with E-state index < -0.39 is 0 Å². The standard InChI is InChI=1S/C22H21FN4O/c23-17-3-1-2-16(10-17)19-7-4-14(11-24-19)12-27-9-8-20-18(13-27)22(28)26-21(25-20)15-5-6-15/h1-4,7,10-11,15H,5-6,8-9,12-13H2,(H,25,26,28). The number of rotatable bonds is 4. The van der Waals surface area contributed by atoms with Crippen molar-refractivity contribution in [2.75, 3.05) is 6.54 Å². The number of aromatic amines is 1. The molecule has 3 aromatic rings. The molecule has 1 aliphatic heterocycles. The van der Waals surface area contributed by atoms with Gasteiger partial charge in [-0.05, 0) is 36.6 Å². The number of fused-ring (bicyclic) bond motifs is 1. The van der Waals surface area contributed by atoms with Gasteiger partial charge in [0.05, 0.1) is 17.0 Å². The molecule has 6 heteroatoms. The fourth-order valence-electron chi connectivity index (χ4n) is 3.78. The van der Waals surface area contributed by atoms with E-state index in [0.29, 0.717) is 12.5 Å². The molecule has 0 saturated heterocycles. The minimum atomic E-state index is -0.265. The Morgan fingerprint density at radius 1 is 1.21 bits per heavy atom. The van der Waals surface area contributed by atoms with E-state index in [-0.39, 0.29) is 11.4 Å². The Balaban J connectivity index is 1.30. The molecule has 28 heavy (non-hydrogen) atoms. The summed E-state index contributed by atoms with van der Waals surface area (Å²) in [6.07, 6.45) is 4.89. The highest BCUT2D eigenvalue weighted by Gasteiger charge is 2.29. The van der Waals surface area contributed by atoms with E-state index in [1.807, 2.05) is 24.4 Å². The maximum absolute atomic E-state index is 13.4. The van der Waals surface area contributed by atoms with Crippen LogP contribution in [0.15, 0.2) is 47.4 Å². The van der Waals surface area contributed by atoms with Crippen molar-refractivity contribution < 1.29 is 4.39 Å². The van der Waals surface area contributed by atoms with Crippen LogP contribution in [0.1, 0.15) is 41.4 Å². The number of pyridine rings is 1. The first-order valence-electron chi connectivity index (χ1n) is 9.71. The topological polar surface area (TPSA) is 61.9 Å². The van der Waals surface area contributed by atoms with Gasteiger partial charge in [0.15, 0.2) is 0 Å². The summed E-state index contributed by atoms with van der Waals surface area (Å²) in [5.74, 6) is 1.06. The Morgan fingerprint density at radius 2 is 2.11 bits per heavy atom. The van der Waals surface area contributed by atoms with Crippen LogP contribution in [0.3, 0.4) is 0 Å². The summed E-state index contributed by atoms with van der Waals surface area (Å²) in [5.41, 5.74) is 4.35. The van der Waals surface area contributed by atoms with Gasteiger partial charge in [0.1, 0.15) is 11.6 Å². The number of nitrogens with zero attached hydrogens (tertiary/aromatic N) is 3. The average molecular weight is 376 g/mol. The van der Waals surface area contributed by atoms with Gasteiger partial charge in [-0.1, -0.05) is 18.2 Å². The molecule has 1 aromatic carbocycles. The first kappa shape index (κ1) is 17.3. The van der Waals surface area contributed by atoms with Gasteiger partial charge < -0.3 is 4.98 Å². The van der Waals surface area contributed by atoms with Crippen molar-refractivity contribution in [3.8, 4) is 11.3 Å². The molecule has 0 unspecified atom stereocenters. The van der Waals surface area contributed by atoms with Crippen LogP contribution >= 0.6 is 0 Å². The third-order valence-corrected chi connectivity index (χ3v) is 5.48. The Hall–Kier alpha value is -2.86. The Labute approximate surface area is 162 Å². The summed E-state index contributed by atoms with van der Waals surface area (Å²) in [7, 11) is 0. The van der Waals surface area contributed by atoms with Crippen LogP contribution in [0.2, 0.25) is 0 Å². The lowest BCUT2D eigenvalue weighted by Crippen LogP contribution is -2.35. The molecule has 0 bridgehead atoms. The zero-order chi connectivity index (χ0) is 19.1. The van der Waals surface area contributed by atoms with Gasteiger partial charge in [-0.25, -0.2) is 9.37 Å². The van der Waals surface area contributed by atoms with E-state index in [4.69, 9.17) is 4.98 Å². The van der Waals surface area contributed by atoms with Crippen molar-refractivity contribution in [1.82, 2.24) is 19.9 Å². The van der Waals surface area contributed by atoms with Gasteiger partial charge in [-0.2, -0.15) is 0 Å². The van der Waals surface area contributed by atoms with Gasteiger partial charge in [-0.3, -0.25) is 14.7 Å². The van der Waals surface area contributed by atoms with Crippen LogP contribution in [0.5, 0.6) is 0 Å². The lowest BCUT2D eigenvalue weighted by Gasteiger charge is -2.27. The molecule has 142 valence electrons. The molecule has 0 radical (unpaired) electrons. The maximum atomic E-state index is 13.4. The Bertz CT molecular complexity index is 1070. The molecule has 0 atom stereocenters. The summed E-state index contributed by atoms with van der Waals surface area (Å²) in [6, 6.07) is 10.4. The van der Waals surface area contributed by atoms with Gasteiger partial charge in [0.2, 0.25) is 0 Å². The molecular formula is C22H21FN4O. The van der Waals surface area contributed by atoms with Crippen LogP contribution in [0.25, 0.3) is 11.3 Å². The van der Waals surface area contributed by atoms with Crippen LogP contribution < -0.4 is 5.56 Å². The van der Waals surface area contributed by atoms with Crippen molar-refractivity contribution in [2.45, 2.75) is 38.3 Å². The first-order chi connectivity index (χ1) is 13.7. The molecule has 2 aromatic heterocycles. The zero-order valence-corrected chi connectivity index (χ0v) is 15.5. The van der Waals surface area contributed by atoms with E-state index in [9.17, 15) is 9.18 Å². The van der Waals surface area contributed by atoms with E-state index in [1.165, 1.54) is 12.1 Å². The molecular weight excluding hydrogens is 355 g/mol. The molecule has 1 aliphatic carbocycles. The van der Waals surface area contributed by atoms with E-state index in [2.05, 4.69) is 14.9 Å². The summed E-state index contributed by atoms with van der Waals surface area (Å²) in [5, 5.41) is 0. The molecule has 2 aliphatic rings. The number of H-pyrrole nitrogens is 1. The van der Waals surface area contributed by atoms with E-state index >= 15 is 0 Å². The van der Waals surface area contributed by atoms with Crippen LogP contribution in [0.4, 0.5) is 4.39 Å². The summed E-state index contributed by atoms with van der Waals surface area (Å²) in [6.45, 7) is 2.20. The van der Waals surface area contributed by atoms with Crippen molar-refractivity contribution in [1.29, 1.82) is 0 Å². The Morgan fingerprint density at radius 3 is 2.86 bits per heavy atom. The number of nitrogens with one attached hydrogen (secondary N) is 1. The highest BCUT2D eigenvalue weighted by Crippen LogP contribution is 2.37. The quantitative estimate of drug-likeness (QED) is 0.758. The van der Waals surface area contributed by atoms with E-state index in [0.717, 1.165) is 66.3 Å². The highest BCUT2D eigenvalue weighted by atomic mass is 19.1. The number of hydrogen-bond donors (Lipinski definition) is 1. The summed E-state index contributed by atoms with van der Waals surface area (Å²) in [4.78, 5) is 26.9. The molecule has 0 spiro atoms. The number of hydrogen-bond acceptors (Lipinski definition) is 4. The van der Waals surface area contributed by atoms with Gasteiger partial charge >= 0.3 is 0 Å². The number of halogens is 1.